The SMILES string of the molecule is [NH]CCc1ccncc1. The summed E-state index contributed by atoms with van der Waals surface area (Å²) < 4.78 is 0. The number of rotatable bonds is 2. The van der Waals surface area contributed by atoms with Gasteiger partial charge in [0.15, 0.2) is 0 Å². The first-order valence-corrected chi connectivity index (χ1v) is 2.97. The van der Waals surface area contributed by atoms with Crippen molar-refractivity contribution >= 4 is 0 Å². The minimum atomic E-state index is 0.462. The molecule has 0 aliphatic carbocycles. The molecule has 0 unspecified atom stereocenters. The Kier molecular flexibility index (Phi) is 2.22. The zero-order valence-corrected chi connectivity index (χ0v) is 5.17. The summed E-state index contributed by atoms with van der Waals surface area (Å²) in [5.74, 6) is 0. The van der Waals surface area contributed by atoms with Crippen LogP contribution in [0.25, 0.3) is 0 Å². The largest absolute Gasteiger partial charge is 0.265 e. The summed E-state index contributed by atoms with van der Waals surface area (Å²) >= 11 is 0. The average Bonchev–Trinajstić information content (AvgIpc) is 1.91. The van der Waals surface area contributed by atoms with E-state index in [-0.39, 0.29) is 0 Å². The van der Waals surface area contributed by atoms with Crippen LogP contribution < -0.4 is 5.73 Å². The molecule has 0 aliphatic rings. The lowest BCUT2D eigenvalue weighted by molar-refractivity contribution is 0.937. The van der Waals surface area contributed by atoms with Gasteiger partial charge in [0.2, 0.25) is 0 Å². The van der Waals surface area contributed by atoms with Crippen molar-refractivity contribution in [2.24, 2.45) is 0 Å². The molecule has 1 N–H and O–H groups in total. The van der Waals surface area contributed by atoms with E-state index in [1.807, 2.05) is 12.1 Å². The lowest BCUT2D eigenvalue weighted by atomic mass is 10.2. The molecule has 1 heterocycles. The van der Waals surface area contributed by atoms with E-state index < -0.39 is 0 Å². The van der Waals surface area contributed by atoms with Crippen molar-refractivity contribution in [2.75, 3.05) is 6.54 Å². The van der Waals surface area contributed by atoms with Gasteiger partial charge in [-0.05, 0) is 24.1 Å². The second kappa shape index (κ2) is 3.20. The number of hydrogen-bond acceptors (Lipinski definition) is 1. The fraction of sp³-hybridized carbons (Fsp3) is 0.286. The number of pyridine rings is 1. The van der Waals surface area contributed by atoms with E-state index in [0.29, 0.717) is 6.54 Å². The summed E-state index contributed by atoms with van der Waals surface area (Å²) in [5.41, 5.74) is 8.11. The summed E-state index contributed by atoms with van der Waals surface area (Å²) in [5, 5.41) is 0. The molecule has 1 rings (SSSR count). The zero-order chi connectivity index (χ0) is 6.53. The quantitative estimate of drug-likeness (QED) is 0.572. The highest BCUT2D eigenvalue weighted by molar-refractivity contribution is 5.09. The third-order valence-corrected chi connectivity index (χ3v) is 1.16. The second-order valence-electron chi connectivity index (χ2n) is 1.86. The van der Waals surface area contributed by atoms with Crippen molar-refractivity contribution in [3.05, 3.63) is 30.1 Å². The molecule has 1 aromatic heterocycles. The van der Waals surface area contributed by atoms with E-state index in [9.17, 15) is 0 Å². The van der Waals surface area contributed by atoms with Crippen LogP contribution in [0.5, 0.6) is 0 Å². The van der Waals surface area contributed by atoms with E-state index in [4.69, 9.17) is 5.73 Å². The number of nitrogens with one attached hydrogen (secondary N) is 1. The summed E-state index contributed by atoms with van der Waals surface area (Å²) in [6.45, 7) is 0.462. The van der Waals surface area contributed by atoms with Crippen LogP contribution in [0, 0.1) is 0 Å². The highest BCUT2D eigenvalue weighted by Crippen LogP contribution is 1.94. The molecule has 9 heavy (non-hydrogen) atoms. The van der Waals surface area contributed by atoms with Crippen LogP contribution in [0.1, 0.15) is 5.56 Å². The van der Waals surface area contributed by atoms with Crippen LogP contribution >= 0.6 is 0 Å². The molecule has 47 valence electrons. The Balaban J connectivity index is 2.61. The summed E-state index contributed by atoms with van der Waals surface area (Å²) in [7, 11) is 0. The minimum absolute atomic E-state index is 0.462. The van der Waals surface area contributed by atoms with Gasteiger partial charge < -0.3 is 0 Å². The Labute approximate surface area is 54.7 Å². The van der Waals surface area contributed by atoms with Gasteiger partial charge in [0.25, 0.3) is 0 Å². The molecule has 0 aliphatic heterocycles. The first-order chi connectivity index (χ1) is 4.43. The fourth-order valence-electron chi connectivity index (χ4n) is 0.694. The van der Waals surface area contributed by atoms with Crippen molar-refractivity contribution in [3.63, 3.8) is 0 Å². The highest BCUT2D eigenvalue weighted by atomic mass is 14.6. The van der Waals surface area contributed by atoms with Gasteiger partial charge in [0.1, 0.15) is 0 Å². The Morgan fingerprint density at radius 2 is 2.00 bits per heavy atom. The van der Waals surface area contributed by atoms with E-state index in [1.54, 1.807) is 12.4 Å². The van der Waals surface area contributed by atoms with Crippen LogP contribution in [0.2, 0.25) is 0 Å². The van der Waals surface area contributed by atoms with Crippen molar-refractivity contribution in [2.45, 2.75) is 6.42 Å². The maximum Gasteiger partial charge on any atom is 0.0270 e. The first kappa shape index (κ1) is 6.23. The van der Waals surface area contributed by atoms with Crippen LogP contribution in [0.15, 0.2) is 24.5 Å². The molecule has 1 aromatic rings. The average molecular weight is 121 g/mol. The molecule has 0 bridgehead atoms. The molecule has 0 spiro atoms. The molecule has 0 saturated carbocycles. The zero-order valence-electron chi connectivity index (χ0n) is 5.17. The van der Waals surface area contributed by atoms with E-state index in [1.165, 1.54) is 5.56 Å². The van der Waals surface area contributed by atoms with Crippen LogP contribution in [-0.2, 0) is 6.42 Å². The van der Waals surface area contributed by atoms with Gasteiger partial charge in [-0.15, -0.1) is 0 Å². The molecular formula is C7H9N2. The summed E-state index contributed by atoms with van der Waals surface area (Å²) in [6.07, 6.45) is 4.35. The van der Waals surface area contributed by atoms with Crippen LogP contribution in [0.3, 0.4) is 0 Å². The van der Waals surface area contributed by atoms with Gasteiger partial charge in [-0.1, -0.05) is 0 Å². The Morgan fingerprint density at radius 1 is 1.33 bits per heavy atom. The van der Waals surface area contributed by atoms with Gasteiger partial charge in [0.05, 0.1) is 0 Å². The minimum Gasteiger partial charge on any atom is -0.265 e. The van der Waals surface area contributed by atoms with Gasteiger partial charge >= 0.3 is 0 Å². The Hall–Kier alpha value is -0.890. The lowest BCUT2D eigenvalue weighted by Gasteiger charge is -1.92. The monoisotopic (exact) mass is 121 g/mol. The van der Waals surface area contributed by atoms with Crippen LogP contribution in [0.4, 0.5) is 0 Å². The number of nitrogens with zero attached hydrogens (tertiary/aromatic N) is 1. The molecule has 2 heteroatoms. The van der Waals surface area contributed by atoms with Gasteiger partial charge in [-0.3, -0.25) is 10.7 Å². The van der Waals surface area contributed by atoms with Crippen molar-refractivity contribution < 1.29 is 0 Å². The predicted octanol–water partition coefficient (Wildman–Crippen LogP) is 0.907. The molecule has 1 radical (unpaired) electrons. The highest BCUT2D eigenvalue weighted by Gasteiger charge is 1.85. The Bertz CT molecular complexity index is 160. The standard InChI is InChI=1S/C7H9N2/c8-4-1-7-2-5-9-6-3-7/h2-3,5-6,8H,1,4H2. The molecule has 0 aromatic carbocycles. The lowest BCUT2D eigenvalue weighted by Crippen LogP contribution is -1.91. The van der Waals surface area contributed by atoms with Gasteiger partial charge in [0, 0.05) is 18.9 Å². The topological polar surface area (TPSA) is 36.7 Å². The first-order valence-electron chi connectivity index (χ1n) is 2.97. The third kappa shape index (κ3) is 1.82. The number of aromatic nitrogens is 1. The van der Waals surface area contributed by atoms with E-state index >= 15 is 0 Å². The number of hydrogen-bond donors (Lipinski definition) is 0. The van der Waals surface area contributed by atoms with Gasteiger partial charge in [-0.2, -0.15) is 0 Å². The maximum atomic E-state index is 6.92. The molecule has 0 atom stereocenters. The second-order valence-corrected chi connectivity index (χ2v) is 1.86. The van der Waals surface area contributed by atoms with E-state index in [2.05, 4.69) is 4.98 Å². The van der Waals surface area contributed by atoms with E-state index in [0.717, 1.165) is 6.42 Å². The summed E-state index contributed by atoms with van der Waals surface area (Å²) in [4.78, 5) is 3.87. The third-order valence-electron chi connectivity index (χ3n) is 1.16. The molecule has 0 amide bonds. The van der Waals surface area contributed by atoms with Crippen LogP contribution in [-0.4, -0.2) is 11.5 Å². The molecule has 0 saturated heterocycles. The van der Waals surface area contributed by atoms with Crippen molar-refractivity contribution in [1.29, 1.82) is 0 Å². The fourth-order valence-corrected chi connectivity index (χ4v) is 0.694. The molecular weight excluding hydrogens is 112 g/mol. The summed E-state index contributed by atoms with van der Waals surface area (Å²) in [6, 6.07) is 3.88. The van der Waals surface area contributed by atoms with Crippen molar-refractivity contribution in [1.82, 2.24) is 10.7 Å². The molecule has 0 fully saturated rings. The molecule has 2 nitrogen and oxygen atoms in total. The van der Waals surface area contributed by atoms with Crippen molar-refractivity contribution in [3.8, 4) is 0 Å². The van der Waals surface area contributed by atoms with Gasteiger partial charge in [-0.25, -0.2) is 0 Å². The Morgan fingerprint density at radius 3 is 2.56 bits per heavy atom. The predicted molar refractivity (Wildman–Crippen MR) is 35.9 cm³/mol. The smallest absolute Gasteiger partial charge is 0.0270 e. The normalized spacial score (nSPS) is 9.44. The maximum absolute atomic E-state index is 6.92.